The molecule has 4 heteroatoms. The molecule has 4 nitrogen and oxygen atoms in total. The molecule has 10 rings (SSSR count). The van der Waals surface area contributed by atoms with Crippen LogP contribution < -0.4 is 5.32 Å². The van der Waals surface area contributed by atoms with Crippen LogP contribution in [0.1, 0.15) is 23.0 Å². The number of nitrogens with zero attached hydrogens (tertiary/aromatic N) is 1. The van der Waals surface area contributed by atoms with E-state index in [2.05, 4.69) is 180 Å². The minimum atomic E-state index is -0.376. The number of allylic oxidation sites excluding steroid dienone is 1. The largest absolute Gasteiger partial charge is 0.455 e. The Hall–Kier alpha value is -6.91. The molecule has 7 aromatic carbocycles. The molecule has 2 aromatic heterocycles. The van der Waals surface area contributed by atoms with Gasteiger partial charge < -0.3 is 14.7 Å². The van der Waals surface area contributed by atoms with Crippen LogP contribution in [0.4, 0.5) is 0 Å². The number of rotatable bonds is 6. The van der Waals surface area contributed by atoms with Gasteiger partial charge in [0, 0.05) is 44.1 Å². The Balaban J connectivity index is 1.15. The molecule has 246 valence electrons. The van der Waals surface area contributed by atoms with Gasteiger partial charge >= 0.3 is 0 Å². The number of benzene rings is 7. The molecule has 1 unspecified atom stereocenters. The molecule has 0 amide bonds. The van der Waals surface area contributed by atoms with Crippen LogP contribution >= 0.6 is 0 Å². The molecule has 1 atom stereocenters. The topological polar surface area (TPSA) is 53.3 Å². The lowest BCUT2D eigenvalue weighted by molar-refractivity contribution is 0.653. The van der Waals surface area contributed by atoms with Gasteiger partial charge in [-0.05, 0) is 46.0 Å². The van der Waals surface area contributed by atoms with Crippen molar-refractivity contribution in [3.05, 3.63) is 199 Å². The van der Waals surface area contributed by atoms with E-state index in [-0.39, 0.29) is 6.17 Å². The quantitative estimate of drug-likeness (QED) is 0.185. The Bertz CT molecular complexity index is 2760. The lowest BCUT2D eigenvalue weighted by Crippen LogP contribution is -2.25. The van der Waals surface area contributed by atoms with Crippen LogP contribution in [0.3, 0.4) is 0 Å². The summed E-state index contributed by atoms with van der Waals surface area (Å²) in [5.41, 5.74) is 14.5. The van der Waals surface area contributed by atoms with Crippen LogP contribution in [0.25, 0.3) is 71.9 Å². The van der Waals surface area contributed by atoms with Crippen molar-refractivity contribution in [1.29, 1.82) is 0 Å². The highest BCUT2D eigenvalue weighted by atomic mass is 16.3. The number of hydrogen-bond donors (Lipinski definition) is 2. The third kappa shape index (κ3) is 5.21. The van der Waals surface area contributed by atoms with E-state index in [0.29, 0.717) is 0 Å². The summed E-state index contributed by atoms with van der Waals surface area (Å²) in [6, 6.07) is 61.7. The first-order chi connectivity index (χ1) is 25.8. The minimum Gasteiger partial charge on any atom is -0.455 e. The Morgan fingerprint density at radius 1 is 0.500 bits per heavy atom. The van der Waals surface area contributed by atoms with Gasteiger partial charge in [-0.15, -0.1) is 0 Å². The maximum absolute atomic E-state index is 7.04. The lowest BCUT2D eigenvalue weighted by Gasteiger charge is -2.26. The van der Waals surface area contributed by atoms with Crippen molar-refractivity contribution in [1.82, 2.24) is 10.3 Å². The predicted octanol–water partition coefficient (Wildman–Crippen LogP) is 12.2. The summed E-state index contributed by atoms with van der Waals surface area (Å²) in [4.78, 5) is 9.01. The predicted molar refractivity (Wildman–Crippen MR) is 215 cm³/mol. The van der Waals surface area contributed by atoms with Crippen molar-refractivity contribution in [2.75, 3.05) is 0 Å². The average molecular weight is 668 g/mol. The number of fused-ring (bicyclic) bond motifs is 4. The van der Waals surface area contributed by atoms with Crippen LogP contribution in [-0.2, 0) is 0 Å². The highest BCUT2D eigenvalue weighted by Crippen LogP contribution is 2.44. The van der Waals surface area contributed by atoms with E-state index in [0.717, 1.165) is 83.3 Å². The number of aromatic nitrogens is 1. The Labute approximate surface area is 301 Å². The van der Waals surface area contributed by atoms with Gasteiger partial charge in [-0.1, -0.05) is 164 Å². The average Bonchev–Trinajstić information content (AvgIpc) is 3.84. The van der Waals surface area contributed by atoms with Gasteiger partial charge in [0.2, 0.25) is 0 Å². The fraction of sp³-hybridized carbons (Fsp3) is 0.0208. The first kappa shape index (κ1) is 30.0. The maximum atomic E-state index is 7.04. The number of aromatic amines is 1. The van der Waals surface area contributed by atoms with E-state index in [1.54, 1.807) is 0 Å². The molecule has 0 aliphatic carbocycles. The summed E-state index contributed by atoms with van der Waals surface area (Å²) in [6.45, 7) is 0. The third-order valence-electron chi connectivity index (χ3n) is 10.1. The normalized spacial score (nSPS) is 14.3. The molecular weight excluding hydrogens is 635 g/mol. The standard InChI is InChI=1S/C48H33N3O/c1-4-13-31(14-5-1)32-23-25-33(26-24-32)37-20-12-21-38-39-27-28-40(45(47(39)52-46(37)38)35-17-8-3-9-18-35)48-50-42(34-15-6-2-7-16-34)30-44(51-48)43-29-36-19-10-11-22-41(36)49-43/h1-30,48-50H. The van der Waals surface area contributed by atoms with E-state index in [4.69, 9.17) is 9.41 Å². The van der Waals surface area contributed by atoms with E-state index in [9.17, 15) is 0 Å². The highest BCUT2D eigenvalue weighted by Gasteiger charge is 2.26. The fourth-order valence-electron chi connectivity index (χ4n) is 7.53. The molecule has 0 saturated heterocycles. The van der Waals surface area contributed by atoms with Crippen LogP contribution in [0, 0.1) is 0 Å². The first-order valence-corrected chi connectivity index (χ1v) is 17.7. The van der Waals surface area contributed by atoms with Crippen LogP contribution in [-0.4, -0.2) is 10.7 Å². The molecule has 1 aliphatic rings. The molecule has 3 heterocycles. The van der Waals surface area contributed by atoms with Crippen molar-refractivity contribution < 1.29 is 4.42 Å². The van der Waals surface area contributed by atoms with Gasteiger partial charge in [0.05, 0.1) is 11.4 Å². The molecule has 9 aromatic rings. The number of para-hydroxylation sites is 2. The molecule has 0 fully saturated rings. The summed E-state index contributed by atoms with van der Waals surface area (Å²) in [5.74, 6) is 0. The third-order valence-corrected chi connectivity index (χ3v) is 10.1. The zero-order valence-corrected chi connectivity index (χ0v) is 28.3. The zero-order chi connectivity index (χ0) is 34.4. The van der Waals surface area contributed by atoms with Crippen LogP contribution in [0.15, 0.2) is 191 Å². The van der Waals surface area contributed by atoms with Crippen molar-refractivity contribution in [3.8, 4) is 33.4 Å². The lowest BCUT2D eigenvalue weighted by atomic mass is 9.93. The molecule has 0 saturated carbocycles. The second kappa shape index (κ2) is 12.4. The van der Waals surface area contributed by atoms with Gasteiger partial charge in [0.1, 0.15) is 17.3 Å². The Morgan fingerprint density at radius 2 is 1.13 bits per heavy atom. The van der Waals surface area contributed by atoms with E-state index < -0.39 is 0 Å². The number of aliphatic imine (C=N–C) groups is 1. The number of furan rings is 1. The fourth-order valence-corrected chi connectivity index (χ4v) is 7.53. The second-order valence-corrected chi connectivity index (χ2v) is 13.3. The first-order valence-electron chi connectivity index (χ1n) is 17.7. The van der Waals surface area contributed by atoms with Gasteiger partial charge in [-0.25, -0.2) is 0 Å². The summed E-state index contributed by atoms with van der Waals surface area (Å²) in [7, 11) is 0. The molecule has 0 bridgehead atoms. The van der Waals surface area contributed by atoms with Crippen molar-refractivity contribution in [2.24, 2.45) is 4.99 Å². The van der Waals surface area contributed by atoms with Crippen molar-refractivity contribution >= 4 is 44.3 Å². The molecule has 0 spiro atoms. The van der Waals surface area contributed by atoms with E-state index in [1.165, 1.54) is 11.1 Å². The monoisotopic (exact) mass is 667 g/mol. The molecular formula is C48H33N3O. The summed E-state index contributed by atoms with van der Waals surface area (Å²) >= 11 is 0. The van der Waals surface area contributed by atoms with E-state index in [1.807, 2.05) is 12.1 Å². The second-order valence-electron chi connectivity index (χ2n) is 13.3. The molecule has 0 radical (unpaired) electrons. The van der Waals surface area contributed by atoms with Gasteiger partial charge in [0.25, 0.3) is 0 Å². The summed E-state index contributed by atoms with van der Waals surface area (Å²) in [6.07, 6.45) is 1.77. The van der Waals surface area contributed by atoms with Crippen LogP contribution in [0.5, 0.6) is 0 Å². The molecule has 52 heavy (non-hydrogen) atoms. The summed E-state index contributed by atoms with van der Waals surface area (Å²) < 4.78 is 7.04. The van der Waals surface area contributed by atoms with Gasteiger partial charge in [-0.3, -0.25) is 4.99 Å². The van der Waals surface area contributed by atoms with Crippen molar-refractivity contribution in [2.45, 2.75) is 6.17 Å². The number of hydrogen-bond acceptors (Lipinski definition) is 3. The van der Waals surface area contributed by atoms with Crippen molar-refractivity contribution in [3.63, 3.8) is 0 Å². The molecule has 2 N–H and O–H groups in total. The number of H-pyrrole nitrogens is 1. The van der Waals surface area contributed by atoms with Gasteiger partial charge in [0.15, 0.2) is 0 Å². The van der Waals surface area contributed by atoms with Crippen LogP contribution in [0.2, 0.25) is 0 Å². The SMILES string of the molecule is C1=C(c2ccccc2)NC(c2ccc3c(oc4c(-c5ccc(-c6ccccc6)cc5)cccc43)c2-c2ccccc2)N=C1c1cc2ccccc2[nH]1. The Morgan fingerprint density at radius 3 is 1.88 bits per heavy atom. The smallest absolute Gasteiger partial charge is 0.146 e. The Kier molecular flexibility index (Phi) is 7.17. The zero-order valence-electron chi connectivity index (χ0n) is 28.3. The number of nitrogens with one attached hydrogen (secondary N) is 2. The minimum absolute atomic E-state index is 0.376. The maximum Gasteiger partial charge on any atom is 0.146 e. The molecule has 1 aliphatic heterocycles. The van der Waals surface area contributed by atoms with E-state index >= 15 is 0 Å². The van der Waals surface area contributed by atoms with Gasteiger partial charge in [-0.2, -0.15) is 0 Å². The highest BCUT2D eigenvalue weighted by molar-refractivity contribution is 6.15. The summed E-state index contributed by atoms with van der Waals surface area (Å²) in [5, 5.41) is 7.13.